The van der Waals surface area contributed by atoms with Gasteiger partial charge in [0, 0.05) is 0 Å². The van der Waals surface area contributed by atoms with E-state index in [1.54, 1.807) is 13.8 Å². The normalized spacial score (nSPS) is 15.5. The Kier molecular flexibility index (Phi) is 5.48. The third kappa shape index (κ3) is 2.54. The van der Waals surface area contributed by atoms with Crippen molar-refractivity contribution < 1.29 is 19.8 Å². The maximum absolute atomic E-state index is 11.4. The Morgan fingerprint density at radius 1 is 1.12 bits per heavy atom. The summed E-state index contributed by atoms with van der Waals surface area (Å²) in [6.45, 7) is 7.19. The zero-order valence-electron chi connectivity index (χ0n) is 10.5. The fourth-order valence-electron chi connectivity index (χ4n) is 2.39. The van der Waals surface area contributed by atoms with Gasteiger partial charge in [0.1, 0.15) is 0 Å². The number of hydrogen-bond acceptors (Lipinski definition) is 2. The fraction of sp³-hybridized carbons (Fsp3) is 0.833. The summed E-state index contributed by atoms with van der Waals surface area (Å²) in [6, 6.07) is 0. The van der Waals surface area contributed by atoms with E-state index in [0.29, 0.717) is 19.3 Å². The van der Waals surface area contributed by atoms with Crippen LogP contribution in [0.5, 0.6) is 0 Å². The molecule has 0 aromatic rings. The predicted octanol–water partition coefficient (Wildman–Crippen LogP) is 2.62. The summed E-state index contributed by atoms with van der Waals surface area (Å²) < 4.78 is 0. The lowest BCUT2D eigenvalue weighted by atomic mass is 9.66. The van der Waals surface area contributed by atoms with Gasteiger partial charge >= 0.3 is 11.9 Å². The van der Waals surface area contributed by atoms with E-state index >= 15 is 0 Å². The van der Waals surface area contributed by atoms with Gasteiger partial charge in [-0.05, 0) is 18.8 Å². The van der Waals surface area contributed by atoms with Gasteiger partial charge in [0.05, 0.1) is 11.3 Å². The first-order chi connectivity index (χ1) is 7.37. The molecule has 0 aliphatic heterocycles. The van der Waals surface area contributed by atoms with E-state index in [1.807, 2.05) is 13.8 Å². The van der Waals surface area contributed by atoms with E-state index < -0.39 is 23.3 Å². The maximum Gasteiger partial charge on any atom is 0.310 e. The smallest absolute Gasteiger partial charge is 0.310 e. The van der Waals surface area contributed by atoms with E-state index in [-0.39, 0.29) is 5.92 Å². The molecule has 2 atom stereocenters. The molecule has 0 fully saturated rings. The predicted molar refractivity (Wildman–Crippen MR) is 61.2 cm³/mol. The number of carboxylic acids is 2. The molecule has 0 amide bonds. The second-order valence-electron chi connectivity index (χ2n) is 4.37. The second kappa shape index (κ2) is 5.87. The van der Waals surface area contributed by atoms with Crippen LogP contribution in [0.15, 0.2) is 0 Å². The lowest BCUT2D eigenvalue weighted by Crippen LogP contribution is -2.45. The Labute approximate surface area is 96.7 Å². The minimum atomic E-state index is -1.14. The van der Waals surface area contributed by atoms with Crippen molar-refractivity contribution in [2.45, 2.75) is 47.0 Å². The average Bonchev–Trinajstić information content (AvgIpc) is 2.23. The zero-order valence-corrected chi connectivity index (χ0v) is 10.5. The molecule has 4 nitrogen and oxygen atoms in total. The van der Waals surface area contributed by atoms with Gasteiger partial charge < -0.3 is 10.2 Å². The highest BCUT2D eigenvalue weighted by atomic mass is 16.4. The average molecular weight is 230 g/mol. The van der Waals surface area contributed by atoms with E-state index in [0.717, 1.165) is 0 Å². The molecule has 0 spiro atoms. The summed E-state index contributed by atoms with van der Waals surface area (Å²) in [7, 11) is 0. The summed E-state index contributed by atoms with van der Waals surface area (Å²) in [5, 5.41) is 18.6. The lowest BCUT2D eigenvalue weighted by molar-refractivity contribution is -0.166. The Morgan fingerprint density at radius 2 is 1.56 bits per heavy atom. The molecular formula is C12H22O4. The van der Waals surface area contributed by atoms with Crippen LogP contribution in [0, 0.1) is 17.3 Å². The van der Waals surface area contributed by atoms with Crippen LogP contribution in [-0.2, 0) is 9.59 Å². The number of carbonyl (C=O) groups is 2. The first-order valence-corrected chi connectivity index (χ1v) is 5.83. The highest BCUT2D eigenvalue weighted by molar-refractivity contribution is 5.83. The van der Waals surface area contributed by atoms with Gasteiger partial charge in [-0.3, -0.25) is 9.59 Å². The van der Waals surface area contributed by atoms with Gasteiger partial charge in [0.2, 0.25) is 0 Å². The van der Waals surface area contributed by atoms with Crippen LogP contribution >= 0.6 is 0 Å². The van der Waals surface area contributed by atoms with Crippen molar-refractivity contribution in [3.05, 3.63) is 0 Å². The van der Waals surface area contributed by atoms with Crippen LogP contribution < -0.4 is 0 Å². The third-order valence-electron chi connectivity index (χ3n) is 3.76. The molecule has 0 rings (SSSR count). The molecule has 0 bridgehead atoms. The lowest BCUT2D eigenvalue weighted by Gasteiger charge is -2.36. The van der Waals surface area contributed by atoms with Crippen molar-refractivity contribution in [2.24, 2.45) is 17.3 Å². The summed E-state index contributed by atoms with van der Waals surface area (Å²) in [5.41, 5.74) is -1.14. The van der Waals surface area contributed by atoms with Gasteiger partial charge in [-0.2, -0.15) is 0 Å². The third-order valence-corrected chi connectivity index (χ3v) is 3.76. The maximum atomic E-state index is 11.4. The molecule has 94 valence electrons. The Morgan fingerprint density at radius 3 is 1.75 bits per heavy atom. The van der Waals surface area contributed by atoms with Crippen molar-refractivity contribution in [3.63, 3.8) is 0 Å². The van der Waals surface area contributed by atoms with Crippen LogP contribution in [0.3, 0.4) is 0 Å². The summed E-state index contributed by atoms with van der Waals surface area (Å²) in [4.78, 5) is 22.7. The van der Waals surface area contributed by atoms with Crippen molar-refractivity contribution in [2.75, 3.05) is 0 Å². The summed E-state index contributed by atoms with van der Waals surface area (Å²) >= 11 is 0. The van der Waals surface area contributed by atoms with E-state index in [1.165, 1.54) is 0 Å². The van der Waals surface area contributed by atoms with Gasteiger partial charge in [0.25, 0.3) is 0 Å². The minimum Gasteiger partial charge on any atom is -0.481 e. The second-order valence-corrected chi connectivity index (χ2v) is 4.37. The highest BCUT2D eigenvalue weighted by Crippen LogP contribution is 2.41. The van der Waals surface area contributed by atoms with Crippen LogP contribution in [0.25, 0.3) is 0 Å². The number of carboxylic acid groups (broad SMARTS) is 2. The van der Waals surface area contributed by atoms with Gasteiger partial charge in [-0.1, -0.05) is 34.1 Å². The first-order valence-electron chi connectivity index (χ1n) is 5.83. The van der Waals surface area contributed by atoms with Crippen LogP contribution in [-0.4, -0.2) is 22.2 Å². The molecule has 0 radical (unpaired) electrons. The Hall–Kier alpha value is -1.06. The molecule has 2 N–H and O–H groups in total. The minimum absolute atomic E-state index is 0.131. The van der Waals surface area contributed by atoms with Crippen molar-refractivity contribution in [1.82, 2.24) is 0 Å². The molecule has 0 aliphatic rings. The first kappa shape index (κ1) is 14.9. The SMILES string of the molecule is CCC(C)C(C(=O)O)C(CC)(CC)C(=O)O. The molecule has 0 saturated heterocycles. The molecule has 0 aliphatic carbocycles. The van der Waals surface area contributed by atoms with Crippen LogP contribution in [0.4, 0.5) is 0 Å². The topological polar surface area (TPSA) is 74.6 Å². The molecule has 4 heteroatoms. The van der Waals surface area contributed by atoms with Crippen LogP contribution in [0.2, 0.25) is 0 Å². The van der Waals surface area contributed by atoms with Crippen molar-refractivity contribution in [3.8, 4) is 0 Å². The van der Waals surface area contributed by atoms with E-state index in [2.05, 4.69) is 0 Å². The van der Waals surface area contributed by atoms with Gasteiger partial charge in [-0.25, -0.2) is 0 Å². The number of aliphatic carboxylic acids is 2. The standard InChI is InChI=1S/C12H22O4/c1-5-8(4)9(10(13)14)12(6-2,7-3)11(15)16/h8-9H,5-7H2,1-4H3,(H,13,14)(H,15,16). The molecule has 2 unspecified atom stereocenters. The number of hydrogen-bond donors (Lipinski definition) is 2. The Bertz CT molecular complexity index is 256. The molecule has 0 heterocycles. The molecular weight excluding hydrogens is 208 g/mol. The van der Waals surface area contributed by atoms with Crippen molar-refractivity contribution >= 4 is 11.9 Å². The van der Waals surface area contributed by atoms with Crippen molar-refractivity contribution in [1.29, 1.82) is 0 Å². The molecule has 0 aromatic carbocycles. The molecule has 16 heavy (non-hydrogen) atoms. The Balaban J connectivity index is 5.42. The molecule has 0 aromatic heterocycles. The fourth-order valence-corrected chi connectivity index (χ4v) is 2.39. The highest BCUT2D eigenvalue weighted by Gasteiger charge is 2.48. The van der Waals surface area contributed by atoms with Gasteiger partial charge in [-0.15, -0.1) is 0 Å². The summed E-state index contributed by atoms with van der Waals surface area (Å²) in [5.74, 6) is -2.94. The summed E-state index contributed by atoms with van der Waals surface area (Å²) in [6.07, 6.45) is 1.37. The monoisotopic (exact) mass is 230 g/mol. The van der Waals surface area contributed by atoms with Gasteiger partial charge in [0.15, 0.2) is 0 Å². The number of rotatable bonds is 7. The molecule has 0 saturated carbocycles. The van der Waals surface area contributed by atoms with E-state index in [9.17, 15) is 19.8 Å². The van der Waals surface area contributed by atoms with E-state index in [4.69, 9.17) is 0 Å². The largest absolute Gasteiger partial charge is 0.481 e. The zero-order chi connectivity index (χ0) is 12.9. The quantitative estimate of drug-likeness (QED) is 0.705. The van der Waals surface area contributed by atoms with Crippen LogP contribution in [0.1, 0.15) is 47.0 Å².